The minimum atomic E-state index is -0.0842. The average Bonchev–Trinajstić information content (AvgIpc) is 3.30. The smallest absolute Gasteiger partial charge is 0.252 e. The maximum atomic E-state index is 13.0. The van der Waals surface area contributed by atoms with Crippen molar-refractivity contribution in [3.8, 4) is 22.8 Å². The third-order valence-electron chi connectivity index (χ3n) is 5.31. The number of aromatic nitrogens is 1. The Morgan fingerprint density at radius 2 is 1.87 bits per heavy atom. The zero-order chi connectivity index (χ0) is 20.2. The number of para-hydroxylation sites is 1. The van der Waals surface area contributed by atoms with Crippen molar-refractivity contribution in [2.75, 3.05) is 27.3 Å². The Labute approximate surface area is 194 Å². The summed E-state index contributed by atoms with van der Waals surface area (Å²) >= 11 is 0. The molecule has 0 spiro atoms. The number of carbonyl (C=O) groups is 1. The second-order valence-electron chi connectivity index (χ2n) is 7.15. The number of fused-ring (bicyclic) bond motifs is 1. The Balaban J connectivity index is 0.00000171. The Kier molecular flexibility index (Phi) is 8.92. The molecule has 166 valence electrons. The SMILES string of the molecule is COc1ccc(-c2cc(C(=O)NCC3CCCN3)c3ccccc3n2)cc1OC.Cl.Cl. The van der Waals surface area contributed by atoms with Gasteiger partial charge in [-0.25, -0.2) is 4.98 Å². The maximum Gasteiger partial charge on any atom is 0.252 e. The molecule has 1 amide bonds. The predicted octanol–water partition coefficient (Wildman–Crippen LogP) is 4.24. The fourth-order valence-corrected chi connectivity index (χ4v) is 3.75. The van der Waals surface area contributed by atoms with Gasteiger partial charge in [0.25, 0.3) is 5.91 Å². The first-order chi connectivity index (χ1) is 14.2. The summed E-state index contributed by atoms with van der Waals surface area (Å²) < 4.78 is 10.7. The van der Waals surface area contributed by atoms with Gasteiger partial charge < -0.3 is 20.1 Å². The number of amides is 1. The molecule has 1 atom stereocenters. The highest BCUT2D eigenvalue weighted by Crippen LogP contribution is 2.33. The standard InChI is InChI=1S/C23H25N3O3.2ClH/c1-28-21-10-9-15(12-22(21)29-2)20-13-18(17-7-3-4-8-19(17)26-20)23(27)25-14-16-6-5-11-24-16;;/h3-4,7-10,12-13,16,24H,5-6,11,14H2,1-2H3,(H,25,27);2*1H. The molecule has 8 heteroatoms. The molecule has 1 fully saturated rings. The number of halogens is 2. The lowest BCUT2D eigenvalue weighted by Gasteiger charge is -2.14. The van der Waals surface area contributed by atoms with E-state index >= 15 is 0 Å². The molecule has 3 aromatic rings. The number of ether oxygens (including phenoxy) is 2. The lowest BCUT2D eigenvalue weighted by atomic mass is 10.0. The fraction of sp³-hybridized carbons (Fsp3) is 0.304. The van der Waals surface area contributed by atoms with E-state index in [4.69, 9.17) is 14.5 Å². The molecular formula is C23H27Cl2N3O3. The summed E-state index contributed by atoms with van der Waals surface area (Å²) in [5.41, 5.74) is 2.98. The van der Waals surface area contributed by atoms with Crippen LogP contribution in [-0.4, -0.2) is 44.2 Å². The Morgan fingerprint density at radius 1 is 1.10 bits per heavy atom. The number of pyridine rings is 1. The topological polar surface area (TPSA) is 72.5 Å². The van der Waals surface area contributed by atoms with Gasteiger partial charge in [-0.3, -0.25) is 4.79 Å². The van der Waals surface area contributed by atoms with Crippen LogP contribution >= 0.6 is 24.8 Å². The molecule has 0 aliphatic carbocycles. The van der Waals surface area contributed by atoms with Crippen LogP contribution in [0.25, 0.3) is 22.2 Å². The fourth-order valence-electron chi connectivity index (χ4n) is 3.75. The Morgan fingerprint density at radius 3 is 2.58 bits per heavy atom. The molecule has 0 saturated carbocycles. The number of carbonyl (C=O) groups excluding carboxylic acids is 1. The molecule has 2 N–H and O–H groups in total. The van der Waals surface area contributed by atoms with Crippen LogP contribution in [0.1, 0.15) is 23.2 Å². The number of nitrogens with zero attached hydrogens (tertiary/aromatic N) is 1. The second kappa shape index (κ2) is 11.2. The molecule has 1 aromatic heterocycles. The monoisotopic (exact) mass is 463 g/mol. The van der Waals surface area contributed by atoms with E-state index in [0.717, 1.165) is 35.9 Å². The van der Waals surface area contributed by atoms with E-state index in [-0.39, 0.29) is 30.7 Å². The number of rotatable bonds is 6. The van der Waals surface area contributed by atoms with Gasteiger partial charge in [0.1, 0.15) is 0 Å². The molecule has 0 bridgehead atoms. The van der Waals surface area contributed by atoms with Crippen molar-refractivity contribution >= 4 is 41.6 Å². The van der Waals surface area contributed by atoms with Gasteiger partial charge in [0.15, 0.2) is 11.5 Å². The van der Waals surface area contributed by atoms with E-state index < -0.39 is 0 Å². The van der Waals surface area contributed by atoms with Crippen LogP contribution in [-0.2, 0) is 0 Å². The summed E-state index contributed by atoms with van der Waals surface area (Å²) in [6, 6.07) is 15.5. The lowest BCUT2D eigenvalue weighted by Crippen LogP contribution is -2.37. The van der Waals surface area contributed by atoms with Crippen LogP contribution in [0.3, 0.4) is 0 Å². The van der Waals surface area contributed by atoms with Crippen LogP contribution in [0.2, 0.25) is 0 Å². The molecule has 1 aliphatic rings. The van der Waals surface area contributed by atoms with Gasteiger partial charge in [0.2, 0.25) is 0 Å². The molecular weight excluding hydrogens is 437 g/mol. The van der Waals surface area contributed by atoms with E-state index in [1.54, 1.807) is 14.2 Å². The second-order valence-corrected chi connectivity index (χ2v) is 7.15. The molecule has 1 aliphatic heterocycles. The first-order valence-electron chi connectivity index (χ1n) is 9.83. The summed E-state index contributed by atoms with van der Waals surface area (Å²) in [7, 11) is 3.21. The predicted molar refractivity (Wildman–Crippen MR) is 128 cm³/mol. The molecule has 2 heterocycles. The maximum absolute atomic E-state index is 13.0. The quantitative estimate of drug-likeness (QED) is 0.571. The van der Waals surface area contributed by atoms with E-state index in [2.05, 4.69) is 10.6 Å². The first kappa shape index (κ1) is 24.7. The van der Waals surface area contributed by atoms with Crippen molar-refractivity contribution < 1.29 is 14.3 Å². The number of methoxy groups -OCH3 is 2. The van der Waals surface area contributed by atoms with E-state index in [1.165, 1.54) is 0 Å². The molecule has 0 radical (unpaired) electrons. The third kappa shape index (κ3) is 5.39. The normalized spacial score (nSPS) is 15.0. The Bertz CT molecular complexity index is 1040. The van der Waals surface area contributed by atoms with Crippen molar-refractivity contribution in [1.82, 2.24) is 15.6 Å². The van der Waals surface area contributed by atoms with Gasteiger partial charge in [0.05, 0.1) is 31.0 Å². The summed E-state index contributed by atoms with van der Waals surface area (Å²) in [5.74, 6) is 1.19. The zero-order valence-electron chi connectivity index (χ0n) is 17.5. The minimum absolute atomic E-state index is 0. The summed E-state index contributed by atoms with van der Waals surface area (Å²) in [4.78, 5) is 17.8. The number of hydrogen-bond donors (Lipinski definition) is 2. The van der Waals surface area contributed by atoms with Crippen molar-refractivity contribution in [3.05, 3.63) is 54.1 Å². The van der Waals surface area contributed by atoms with Crippen molar-refractivity contribution in [3.63, 3.8) is 0 Å². The minimum Gasteiger partial charge on any atom is -0.493 e. The van der Waals surface area contributed by atoms with Gasteiger partial charge >= 0.3 is 0 Å². The summed E-state index contributed by atoms with van der Waals surface area (Å²) in [6.07, 6.45) is 2.25. The van der Waals surface area contributed by atoms with E-state index in [1.807, 2.05) is 48.5 Å². The molecule has 1 unspecified atom stereocenters. The molecule has 31 heavy (non-hydrogen) atoms. The van der Waals surface area contributed by atoms with Crippen molar-refractivity contribution in [2.45, 2.75) is 18.9 Å². The molecule has 1 saturated heterocycles. The molecule has 2 aromatic carbocycles. The van der Waals surface area contributed by atoms with Crippen molar-refractivity contribution in [2.24, 2.45) is 0 Å². The number of nitrogens with one attached hydrogen (secondary N) is 2. The van der Waals surface area contributed by atoms with E-state index in [0.29, 0.717) is 35.3 Å². The van der Waals surface area contributed by atoms with Crippen LogP contribution in [0.5, 0.6) is 11.5 Å². The highest BCUT2D eigenvalue weighted by atomic mass is 35.5. The van der Waals surface area contributed by atoms with Crippen LogP contribution in [0.4, 0.5) is 0 Å². The third-order valence-corrected chi connectivity index (χ3v) is 5.31. The first-order valence-corrected chi connectivity index (χ1v) is 9.83. The lowest BCUT2D eigenvalue weighted by molar-refractivity contribution is 0.0952. The average molecular weight is 464 g/mol. The largest absolute Gasteiger partial charge is 0.493 e. The highest BCUT2D eigenvalue weighted by molar-refractivity contribution is 6.07. The van der Waals surface area contributed by atoms with Crippen LogP contribution < -0.4 is 20.1 Å². The summed E-state index contributed by atoms with van der Waals surface area (Å²) in [5, 5.41) is 7.33. The van der Waals surface area contributed by atoms with Crippen LogP contribution in [0.15, 0.2) is 48.5 Å². The number of benzene rings is 2. The van der Waals surface area contributed by atoms with E-state index in [9.17, 15) is 4.79 Å². The molecule has 4 rings (SSSR count). The Hall–Kier alpha value is -2.54. The zero-order valence-corrected chi connectivity index (χ0v) is 19.1. The van der Waals surface area contributed by atoms with Gasteiger partial charge in [-0.2, -0.15) is 0 Å². The summed E-state index contributed by atoms with van der Waals surface area (Å²) in [6.45, 7) is 1.64. The van der Waals surface area contributed by atoms with Gasteiger partial charge in [-0.05, 0) is 49.7 Å². The highest BCUT2D eigenvalue weighted by Gasteiger charge is 2.18. The van der Waals surface area contributed by atoms with Gasteiger partial charge in [0, 0.05) is 23.5 Å². The van der Waals surface area contributed by atoms with Crippen molar-refractivity contribution in [1.29, 1.82) is 0 Å². The van der Waals surface area contributed by atoms with Crippen LogP contribution in [0, 0.1) is 0 Å². The number of hydrogen-bond acceptors (Lipinski definition) is 5. The molecule has 6 nitrogen and oxygen atoms in total. The van der Waals surface area contributed by atoms with Gasteiger partial charge in [-0.15, -0.1) is 24.8 Å². The van der Waals surface area contributed by atoms with Gasteiger partial charge in [-0.1, -0.05) is 18.2 Å².